The molecule has 0 radical (unpaired) electrons. The molecule has 0 unspecified atom stereocenters. The molecule has 2 rings (SSSR count). The van der Waals surface area contributed by atoms with Crippen LogP contribution in [0.5, 0.6) is 0 Å². The fraction of sp³-hybridized carbons (Fsp3) is 0.133. The summed E-state index contributed by atoms with van der Waals surface area (Å²) >= 11 is 9.09. The molecule has 0 saturated carbocycles. The number of amides is 1. The number of halogens is 2. The topological polar surface area (TPSA) is 75.3 Å². The third-order valence-corrected chi connectivity index (χ3v) is 5.31. The van der Waals surface area contributed by atoms with E-state index < -0.39 is 15.9 Å². The van der Waals surface area contributed by atoms with Gasteiger partial charge in [-0.3, -0.25) is 4.79 Å². The van der Waals surface area contributed by atoms with Gasteiger partial charge in [-0.25, -0.2) is 13.1 Å². The minimum absolute atomic E-state index is 0.0793. The molecule has 0 heterocycles. The van der Waals surface area contributed by atoms with Gasteiger partial charge in [0.05, 0.1) is 11.6 Å². The van der Waals surface area contributed by atoms with Crippen LogP contribution in [-0.4, -0.2) is 20.9 Å². The van der Waals surface area contributed by atoms with Gasteiger partial charge < -0.3 is 5.32 Å². The first-order chi connectivity index (χ1) is 10.9. The summed E-state index contributed by atoms with van der Waals surface area (Å²) in [7, 11) is -3.86. The van der Waals surface area contributed by atoms with E-state index >= 15 is 0 Å². The Hall–Kier alpha value is -1.41. The van der Waals surface area contributed by atoms with Gasteiger partial charge in [-0.15, -0.1) is 0 Å². The molecule has 122 valence electrons. The highest BCUT2D eigenvalue weighted by molar-refractivity contribution is 9.10. The zero-order valence-corrected chi connectivity index (χ0v) is 15.1. The lowest BCUT2D eigenvalue weighted by Crippen LogP contribution is -2.36. The predicted octanol–water partition coefficient (Wildman–Crippen LogP) is 2.70. The molecule has 0 fully saturated rings. The fourth-order valence-corrected chi connectivity index (χ4v) is 3.80. The molecule has 2 aromatic rings. The Kier molecular flexibility index (Phi) is 6.17. The molecule has 1 amide bonds. The number of benzene rings is 2. The maximum atomic E-state index is 12.2. The van der Waals surface area contributed by atoms with Crippen LogP contribution in [0.15, 0.2) is 57.9 Å². The smallest absolute Gasteiger partial charge is 0.242 e. The summed E-state index contributed by atoms with van der Waals surface area (Å²) < 4.78 is 27.2. The minimum atomic E-state index is -3.86. The molecular formula is C15H14BrClN2O3S. The molecule has 0 aliphatic rings. The van der Waals surface area contributed by atoms with Gasteiger partial charge in [0, 0.05) is 11.0 Å². The first kappa shape index (κ1) is 17.9. The molecular weight excluding hydrogens is 404 g/mol. The van der Waals surface area contributed by atoms with E-state index in [1.54, 1.807) is 6.07 Å². The van der Waals surface area contributed by atoms with Gasteiger partial charge in [-0.2, -0.15) is 0 Å². The van der Waals surface area contributed by atoms with Crippen molar-refractivity contribution in [2.75, 3.05) is 6.54 Å². The quantitative estimate of drug-likeness (QED) is 0.759. The standard InChI is InChI=1S/C15H14BrClN2O3S/c16-12-6-7-13(17)14(8-12)23(21,22)19-10-15(20)18-9-11-4-2-1-3-5-11/h1-8,19H,9-10H2,(H,18,20). The summed E-state index contributed by atoms with van der Waals surface area (Å²) in [5.74, 6) is -0.427. The second-order valence-corrected chi connectivity index (χ2v) is 7.72. The van der Waals surface area contributed by atoms with Gasteiger partial charge >= 0.3 is 0 Å². The van der Waals surface area contributed by atoms with Gasteiger partial charge in [-0.1, -0.05) is 57.9 Å². The van der Waals surface area contributed by atoms with Crippen LogP contribution in [0.1, 0.15) is 5.56 Å². The third-order valence-electron chi connectivity index (χ3n) is 2.94. The van der Waals surface area contributed by atoms with Crippen LogP contribution in [0.25, 0.3) is 0 Å². The van der Waals surface area contributed by atoms with Gasteiger partial charge in [0.25, 0.3) is 0 Å². The Labute approximate surface area is 148 Å². The monoisotopic (exact) mass is 416 g/mol. The molecule has 2 aromatic carbocycles. The summed E-state index contributed by atoms with van der Waals surface area (Å²) in [4.78, 5) is 11.7. The molecule has 5 nitrogen and oxygen atoms in total. The van der Waals surface area contributed by atoms with Gasteiger partial charge in [0.2, 0.25) is 15.9 Å². The molecule has 0 atom stereocenters. The zero-order chi connectivity index (χ0) is 16.9. The van der Waals surface area contributed by atoms with Crippen LogP contribution < -0.4 is 10.0 Å². The van der Waals surface area contributed by atoms with E-state index in [9.17, 15) is 13.2 Å². The Bertz CT molecular complexity index is 798. The SMILES string of the molecule is O=C(CNS(=O)(=O)c1cc(Br)ccc1Cl)NCc1ccccc1. The highest BCUT2D eigenvalue weighted by Crippen LogP contribution is 2.24. The number of carbonyl (C=O) groups excluding carboxylic acids is 1. The van der Waals surface area contributed by atoms with E-state index in [-0.39, 0.29) is 16.5 Å². The molecule has 23 heavy (non-hydrogen) atoms. The average molecular weight is 418 g/mol. The first-order valence-corrected chi connectivity index (χ1v) is 9.29. The van der Waals surface area contributed by atoms with Crippen molar-refractivity contribution in [1.29, 1.82) is 0 Å². The maximum Gasteiger partial charge on any atom is 0.242 e. The van der Waals surface area contributed by atoms with Gasteiger partial charge in [0.15, 0.2) is 0 Å². The van der Waals surface area contributed by atoms with Crippen LogP contribution in [0, 0.1) is 0 Å². The number of rotatable bonds is 6. The molecule has 0 aliphatic heterocycles. The minimum Gasteiger partial charge on any atom is -0.351 e. The summed E-state index contributed by atoms with van der Waals surface area (Å²) in [5, 5.41) is 2.73. The molecule has 0 aromatic heterocycles. The van der Waals surface area contributed by atoms with E-state index in [2.05, 4.69) is 26.0 Å². The van der Waals surface area contributed by atoms with Crippen molar-refractivity contribution in [3.8, 4) is 0 Å². The number of nitrogens with one attached hydrogen (secondary N) is 2. The lowest BCUT2D eigenvalue weighted by atomic mass is 10.2. The van der Waals surface area contributed by atoms with E-state index in [1.165, 1.54) is 12.1 Å². The van der Waals surface area contributed by atoms with Gasteiger partial charge in [-0.05, 0) is 23.8 Å². The summed E-state index contributed by atoms with van der Waals surface area (Å²) in [6.07, 6.45) is 0. The normalized spacial score (nSPS) is 11.2. The molecule has 0 spiro atoms. The van der Waals surface area contributed by atoms with E-state index in [1.807, 2.05) is 30.3 Å². The predicted molar refractivity (Wildman–Crippen MR) is 92.6 cm³/mol. The van der Waals surface area contributed by atoms with Crippen LogP contribution in [0.3, 0.4) is 0 Å². The van der Waals surface area contributed by atoms with E-state index in [0.29, 0.717) is 11.0 Å². The average Bonchev–Trinajstić information content (AvgIpc) is 2.54. The Morgan fingerprint density at radius 2 is 1.83 bits per heavy atom. The number of carbonyl (C=O) groups is 1. The maximum absolute atomic E-state index is 12.2. The molecule has 2 N–H and O–H groups in total. The molecule has 8 heteroatoms. The highest BCUT2D eigenvalue weighted by Gasteiger charge is 2.19. The van der Waals surface area contributed by atoms with Crippen molar-refractivity contribution in [1.82, 2.24) is 10.0 Å². The van der Waals surface area contributed by atoms with Crippen molar-refractivity contribution in [3.05, 3.63) is 63.6 Å². The third kappa shape index (κ3) is 5.31. The Morgan fingerprint density at radius 3 is 2.52 bits per heavy atom. The van der Waals surface area contributed by atoms with Crippen LogP contribution >= 0.6 is 27.5 Å². The van der Waals surface area contributed by atoms with Crippen LogP contribution in [0.4, 0.5) is 0 Å². The molecule has 0 bridgehead atoms. The van der Waals surface area contributed by atoms with Gasteiger partial charge in [0.1, 0.15) is 4.90 Å². The first-order valence-electron chi connectivity index (χ1n) is 6.64. The van der Waals surface area contributed by atoms with Crippen LogP contribution in [0.2, 0.25) is 5.02 Å². The second-order valence-electron chi connectivity index (χ2n) is 4.66. The van der Waals surface area contributed by atoms with Crippen LogP contribution in [-0.2, 0) is 21.4 Å². The number of hydrogen-bond donors (Lipinski definition) is 2. The highest BCUT2D eigenvalue weighted by atomic mass is 79.9. The van der Waals surface area contributed by atoms with Crippen molar-refractivity contribution in [2.24, 2.45) is 0 Å². The van der Waals surface area contributed by atoms with E-state index in [4.69, 9.17) is 11.6 Å². The molecule has 0 saturated heterocycles. The lowest BCUT2D eigenvalue weighted by Gasteiger charge is -2.09. The summed E-state index contributed by atoms with van der Waals surface area (Å²) in [6.45, 7) is -0.0307. The largest absolute Gasteiger partial charge is 0.351 e. The van der Waals surface area contributed by atoms with E-state index in [0.717, 1.165) is 5.56 Å². The van der Waals surface area contributed by atoms with Crippen molar-refractivity contribution >= 4 is 43.5 Å². The molecule has 0 aliphatic carbocycles. The second kappa shape index (κ2) is 7.92. The van der Waals surface area contributed by atoms with Crippen molar-refractivity contribution < 1.29 is 13.2 Å². The zero-order valence-electron chi connectivity index (χ0n) is 11.9. The number of hydrogen-bond acceptors (Lipinski definition) is 3. The van der Waals surface area contributed by atoms with Crippen molar-refractivity contribution in [3.63, 3.8) is 0 Å². The number of sulfonamides is 1. The summed E-state index contributed by atoms with van der Waals surface area (Å²) in [5.41, 5.74) is 0.929. The lowest BCUT2D eigenvalue weighted by molar-refractivity contribution is -0.120. The summed E-state index contributed by atoms with van der Waals surface area (Å²) in [6, 6.07) is 13.8. The fourth-order valence-electron chi connectivity index (χ4n) is 1.78. The Morgan fingerprint density at radius 1 is 1.13 bits per heavy atom. The Balaban J connectivity index is 1.94. The van der Waals surface area contributed by atoms with Crippen molar-refractivity contribution in [2.45, 2.75) is 11.4 Å².